The van der Waals surface area contributed by atoms with E-state index in [4.69, 9.17) is 4.74 Å². The van der Waals surface area contributed by atoms with Gasteiger partial charge in [-0.15, -0.1) is 11.3 Å². The van der Waals surface area contributed by atoms with Crippen molar-refractivity contribution in [1.82, 2.24) is 14.8 Å². The third-order valence-electron chi connectivity index (χ3n) is 4.97. The number of nitrogens with one attached hydrogen (secondary N) is 1. The highest BCUT2D eigenvalue weighted by Gasteiger charge is 2.28. The van der Waals surface area contributed by atoms with E-state index in [1.54, 1.807) is 4.90 Å². The van der Waals surface area contributed by atoms with Crippen molar-refractivity contribution in [2.45, 2.75) is 39.0 Å². The predicted octanol–water partition coefficient (Wildman–Crippen LogP) is 2.76. The Morgan fingerprint density at radius 1 is 1.19 bits per heavy atom. The van der Waals surface area contributed by atoms with Gasteiger partial charge in [0, 0.05) is 56.4 Å². The van der Waals surface area contributed by atoms with Crippen molar-refractivity contribution in [3.63, 3.8) is 0 Å². The Balaban J connectivity index is 1.52. The summed E-state index contributed by atoms with van der Waals surface area (Å²) in [6.45, 7) is 8.09. The van der Waals surface area contributed by atoms with Crippen LogP contribution in [0.2, 0.25) is 0 Å². The Morgan fingerprint density at radius 3 is 2.58 bits per heavy atom. The van der Waals surface area contributed by atoms with Crippen molar-refractivity contribution in [3.05, 3.63) is 11.1 Å². The van der Waals surface area contributed by atoms with Crippen LogP contribution in [-0.2, 0) is 9.53 Å². The van der Waals surface area contributed by atoms with Crippen LogP contribution in [0.1, 0.15) is 43.9 Å². The van der Waals surface area contributed by atoms with Gasteiger partial charge in [0.05, 0.1) is 0 Å². The number of hydrogen-bond acceptors (Lipinski definition) is 5. The summed E-state index contributed by atoms with van der Waals surface area (Å²) in [7, 11) is 0. The zero-order chi connectivity index (χ0) is 18.5. The zero-order valence-electron chi connectivity index (χ0n) is 15.6. The van der Waals surface area contributed by atoms with Gasteiger partial charge in [-0.05, 0) is 25.2 Å². The Hall–Kier alpha value is -1.67. The number of carbonyl (C=O) groups is 2. The van der Waals surface area contributed by atoms with Crippen LogP contribution in [0.3, 0.4) is 0 Å². The lowest BCUT2D eigenvalue weighted by Crippen LogP contribution is -2.42. The van der Waals surface area contributed by atoms with Crippen molar-refractivity contribution in [3.8, 4) is 0 Å². The van der Waals surface area contributed by atoms with E-state index in [1.807, 2.05) is 11.1 Å². The number of thiazole rings is 1. The average molecular weight is 381 g/mol. The number of nitrogens with zero attached hydrogens (tertiary/aromatic N) is 3. The molecule has 0 saturated carbocycles. The SMILES string of the molecule is CC(C)c1cnc(NC(=O)N2CCCN(C(=O)C3CCOCC3)CC2)s1. The first-order valence-corrected chi connectivity index (χ1v) is 10.2. The molecule has 0 unspecified atom stereocenters. The number of amides is 3. The number of anilines is 1. The van der Waals surface area contributed by atoms with Gasteiger partial charge in [0.1, 0.15) is 0 Å². The molecule has 26 heavy (non-hydrogen) atoms. The second-order valence-electron chi connectivity index (χ2n) is 7.21. The van der Waals surface area contributed by atoms with Crippen LogP contribution in [0, 0.1) is 5.92 Å². The van der Waals surface area contributed by atoms with Gasteiger partial charge in [-0.25, -0.2) is 9.78 Å². The monoisotopic (exact) mass is 380 g/mol. The van der Waals surface area contributed by atoms with Crippen LogP contribution in [0.15, 0.2) is 6.20 Å². The average Bonchev–Trinajstić information content (AvgIpc) is 2.97. The third-order valence-corrected chi connectivity index (χ3v) is 6.19. The molecule has 1 aromatic heterocycles. The highest BCUT2D eigenvalue weighted by atomic mass is 32.1. The second-order valence-corrected chi connectivity index (χ2v) is 8.27. The van der Waals surface area contributed by atoms with Crippen molar-refractivity contribution in [2.75, 3.05) is 44.7 Å². The topological polar surface area (TPSA) is 74.8 Å². The van der Waals surface area contributed by atoms with Crippen LogP contribution in [-0.4, -0.2) is 66.1 Å². The molecule has 1 N–H and O–H groups in total. The van der Waals surface area contributed by atoms with E-state index in [9.17, 15) is 9.59 Å². The summed E-state index contributed by atoms with van der Waals surface area (Å²) < 4.78 is 5.35. The van der Waals surface area contributed by atoms with Crippen LogP contribution in [0.4, 0.5) is 9.93 Å². The lowest BCUT2D eigenvalue weighted by atomic mass is 9.98. The van der Waals surface area contributed by atoms with Crippen molar-refractivity contribution < 1.29 is 14.3 Å². The Kier molecular flexibility index (Phi) is 6.48. The molecule has 0 radical (unpaired) electrons. The van der Waals surface area contributed by atoms with Gasteiger partial charge in [0.2, 0.25) is 5.91 Å². The summed E-state index contributed by atoms with van der Waals surface area (Å²) in [5.41, 5.74) is 0. The highest BCUT2D eigenvalue weighted by molar-refractivity contribution is 7.15. The van der Waals surface area contributed by atoms with Gasteiger partial charge in [0.15, 0.2) is 5.13 Å². The minimum absolute atomic E-state index is 0.0777. The fourth-order valence-electron chi connectivity index (χ4n) is 3.33. The van der Waals surface area contributed by atoms with Crippen LogP contribution in [0.25, 0.3) is 0 Å². The molecule has 2 fully saturated rings. The molecule has 0 aliphatic carbocycles. The molecule has 0 bridgehead atoms. The standard InChI is InChI=1S/C18H28N4O3S/c1-13(2)15-12-19-17(26-15)20-18(24)22-7-3-6-21(8-9-22)16(23)14-4-10-25-11-5-14/h12-14H,3-11H2,1-2H3,(H,19,20,24). The summed E-state index contributed by atoms with van der Waals surface area (Å²) in [6, 6.07) is -0.130. The van der Waals surface area contributed by atoms with E-state index in [2.05, 4.69) is 24.1 Å². The van der Waals surface area contributed by atoms with Crippen molar-refractivity contribution >= 4 is 28.4 Å². The molecule has 3 amide bonds. The summed E-state index contributed by atoms with van der Waals surface area (Å²) in [4.78, 5) is 34.4. The number of hydrogen-bond donors (Lipinski definition) is 1. The minimum atomic E-state index is -0.130. The van der Waals surface area contributed by atoms with Gasteiger partial charge >= 0.3 is 6.03 Å². The number of ether oxygens (including phenoxy) is 1. The fraction of sp³-hybridized carbons (Fsp3) is 0.722. The molecule has 3 rings (SSSR count). The van der Waals surface area contributed by atoms with E-state index in [1.165, 1.54) is 11.3 Å². The Morgan fingerprint density at radius 2 is 1.88 bits per heavy atom. The lowest BCUT2D eigenvalue weighted by molar-refractivity contribution is -0.138. The third kappa shape index (κ3) is 4.73. The summed E-state index contributed by atoms with van der Waals surface area (Å²) in [6.07, 6.45) is 4.24. The number of rotatable bonds is 3. The second kappa shape index (κ2) is 8.81. The number of urea groups is 1. The van der Waals surface area contributed by atoms with Gasteiger partial charge in [-0.3, -0.25) is 10.1 Å². The maximum absolute atomic E-state index is 12.7. The van der Waals surface area contributed by atoms with Crippen molar-refractivity contribution in [1.29, 1.82) is 0 Å². The lowest BCUT2D eigenvalue weighted by Gasteiger charge is -2.28. The van der Waals surface area contributed by atoms with E-state index in [0.717, 1.165) is 24.1 Å². The molecule has 3 heterocycles. The van der Waals surface area contributed by atoms with E-state index in [0.29, 0.717) is 50.4 Å². The summed E-state index contributed by atoms with van der Waals surface area (Å²) >= 11 is 1.52. The Bertz CT molecular complexity index is 628. The maximum Gasteiger partial charge on any atom is 0.323 e. The van der Waals surface area contributed by atoms with Crippen LogP contribution < -0.4 is 5.32 Å². The van der Waals surface area contributed by atoms with E-state index >= 15 is 0 Å². The molecule has 8 heteroatoms. The molecule has 0 atom stereocenters. The van der Waals surface area contributed by atoms with Gasteiger partial charge in [-0.1, -0.05) is 13.8 Å². The number of aromatic nitrogens is 1. The van der Waals surface area contributed by atoms with Gasteiger partial charge < -0.3 is 14.5 Å². The quantitative estimate of drug-likeness (QED) is 0.875. The molecule has 0 aromatic carbocycles. The molecule has 144 valence electrons. The van der Waals surface area contributed by atoms with Gasteiger partial charge in [0.25, 0.3) is 0 Å². The van der Waals surface area contributed by atoms with E-state index in [-0.39, 0.29) is 17.9 Å². The molecule has 1 aromatic rings. The molecule has 2 saturated heterocycles. The normalized spacial score (nSPS) is 19.5. The molecule has 2 aliphatic heterocycles. The number of carbonyl (C=O) groups excluding carboxylic acids is 2. The van der Waals surface area contributed by atoms with Crippen LogP contribution >= 0.6 is 11.3 Å². The minimum Gasteiger partial charge on any atom is -0.381 e. The maximum atomic E-state index is 12.7. The largest absolute Gasteiger partial charge is 0.381 e. The van der Waals surface area contributed by atoms with E-state index < -0.39 is 0 Å². The first-order valence-electron chi connectivity index (χ1n) is 9.42. The molecule has 0 spiro atoms. The molecular formula is C18H28N4O3S. The summed E-state index contributed by atoms with van der Waals surface area (Å²) in [5.74, 6) is 0.701. The molecular weight excluding hydrogens is 352 g/mol. The smallest absolute Gasteiger partial charge is 0.323 e. The predicted molar refractivity (Wildman–Crippen MR) is 102 cm³/mol. The highest BCUT2D eigenvalue weighted by Crippen LogP contribution is 2.25. The van der Waals surface area contributed by atoms with Gasteiger partial charge in [-0.2, -0.15) is 0 Å². The Labute approximate surface area is 158 Å². The summed E-state index contributed by atoms with van der Waals surface area (Å²) in [5, 5.41) is 3.53. The van der Waals surface area contributed by atoms with Crippen LogP contribution in [0.5, 0.6) is 0 Å². The molecule has 2 aliphatic rings. The van der Waals surface area contributed by atoms with Crippen molar-refractivity contribution in [2.24, 2.45) is 5.92 Å². The first kappa shape index (κ1) is 19.1. The zero-order valence-corrected chi connectivity index (χ0v) is 16.4. The fourth-order valence-corrected chi connectivity index (χ4v) is 4.13. The first-order chi connectivity index (χ1) is 12.5. The molecule has 7 nitrogen and oxygen atoms in total.